The van der Waals surface area contributed by atoms with E-state index in [1.165, 1.54) is 6.07 Å². The molecule has 0 aliphatic heterocycles. The maximum absolute atomic E-state index is 12.4. The van der Waals surface area contributed by atoms with Gasteiger partial charge < -0.3 is 15.0 Å². The Morgan fingerprint density at radius 3 is 2.41 bits per heavy atom. The number of aromatic nitrogens is 2. The SMILES string of the molecule is Cn1ccnc1C(=O)c1ccc(NC(=O)Cc2ccccc2C(=O)O)cc1. The Kier molecular flexibility index (Phi) is 5.12. The highest BCUT2D eigenvalue weighted by molar-refractivity contribution is 6.07. The van der Waals surface area contributed by atoms with E-state index in [1.54, 1.807) is 66.5 Å². The zero-order chi connectivity index (χ0) is 19.4. The summed E-state index contributed by atoms with van der Waals surface area (Å²) in [5, 5.41) is 11.9. The van der Waals surface area contributed by atoms with Gasteiger partial charge in [-0.1, -0.05) is 18.2 Å². The molecular formula is C20H17N3O4. The zero-order valence-corrected chi connectivity index (χ0v) is 14.5. The Morgan fingerprint density at radius 1 is 1.07 bits per heavy atom. The van der Waals surface area contributed by atoms with Gasteiger partial charge >= 0.3 is 5.97 Å². The second kappa shape index (κ2) is 7.65. The minimum absolute atomic E-state index is 0.0591. The minimum atomic E-state index is -1.07. The first-order chi connectivity index (χ1) is 13.0. The third-order valence-electron chi connectivity index (χ3n) is 4.05. The van der Waals surface area contributed by atoms with E-state index in [4.69, 9.17) is 0 Å². The van der Waals surface area contributed by atoms with Crippen molar-refractivity contribution in [1.29, 1.82) is 0 Å². The highest BCUT2D eigenvalue weighted by atomic mass is 16.4. The van der Waals surface area contributed by atoms with Crippen molar-refractivity contribution in [2.75, 3.05) is 5.32 Å². The molecular weight excluding hydrogens is 346 g/mol. The number of nitrogens with zero attached hydrogens (tertiary/aromatic N) is 2. The van der Waals surface area contributed by atoms with Crippen LogP contribution in [0.15, 0.2) is 60.9 Å². The quantitative estimate of drug-likeness (QED) is 0.656. The van der Waals surface area contributed by atoms with Gasteiger partial charge in [-0.3, -0.25) is 9.59 Å². The second-order valence-electron chi connectivity index (χ2n) is 5.96. The van der Waals surface area contributed by atoms with Crippen LogP contribution >= 0.6 is 0 Å². The molecule has 0 saturated heterocycles. The van der Waals surface area contributed by atoms with Gasteiger partial charge in [0.2, 0.25) is 11.7 Å². The smallest absolute Gasteiger partial charge is 0.335 e. The number of carbonyl (C=O) groups is 3. The molecule has 1 aromatic heterocycles. The Morgan fingerprint density at radius 2 is 1.78 bits per heavy atom. The van der Waals surface area contributed by atoms with Gasteiger partial charge in [0.25, 0.3) is 0 Å². The van der Waals surface area contributed by atoms with Crippen molar-refractivity contribution < 1.29 is 19.5 Å². The van der Waals surface area contributed by atoms with Crippen LogP contribution in [0.2, 0.25) is 0 Å². The highest BCUT2D eigenvalue weighted by Gasteiger charge is 2.15. The molecule has 0 aliphatic rings. The largest absolute Gasteiger partial charge is 0.478 e. The minimum Gasteiger partial charge on any atom is -0.478 e. The van der Waals surface area contributed by atoms with Crippen LogP contribution in [0.4, 0.5) is 5.69 Å². The number of anilines is 1. The Balaban J connectivity index is 1.68. The summed E-state index contributed by atoms with van der Waals surface area (Å²) in [6.07, 6.45) is 3.18. The van der Waals surface area contributed by atoms with E-state index >= 15 is 0 Å². The van der Waals surface area contributed by atoms with Gasteiger partial charge in [-0.05, 0) is 35.9 Å². The number of benzene rings is 2. The van der Waals surface area contributed by atoms with Crippen LogP contribution in [0.5, 0.6) is 0 Å². The number of amides is 1. The predicted molar refractivity (Wildman–Crippen MR) is 98.8 cm³/mol. The first kappa shape index (κ1) is 18.1. The van der Waals surface area contributed by atoms with Crippen molar-refractivity contribution in [2.24, 2.45) is 7.05 Å². The van der Waals surface area contributed by atoms with Crippen LogP contribution in [-0.4, -0.2) is 32.3 Å². The van der Waals surface area contributed by atoms with Crippen molar-refractivity contribution in [3.8, 4) is 0 Å². The summed E-state index contributed by atoms with van der Waals surface area (Å²) in [5.74, 6) is -1.30. The average Bonchev–Trinajstić information content (AvgIpc) is 3.08. The standard InChI is InChI=1S/C20H17N3O4/c1-23-11-10-21-19(23)18(25)13-6-8-15(9-7-13)22-17(24)12-14-4-2-3-5-16(14)20(26)27/h2-11H,12H2,1H3,(H,22,24)(H,26,27). The molecule has 7 heteroatoms. The van der Waals surface area contributed by atoms with Gasteiger partial charge in [-0.25, -0.2) is 9.78 Å². The summed E-state index contributed by atoms with van der Waals surface area (Å²) < 4.78 is 1.64. The lowest BCUT2D eigenvalue weighted by atomic mass is 10.0. The van der Waals surface area contributed by atoms with Crippen molar-refractivity contribution in [3.63, 3.8) is 0 Å². The van der Waals surface area contributed by atoms with Gasteiger partial charge in [0.15, 0.2) is 5.82 Å². The van der Waals surface area contributed by atoms with Crippen LogP contribution in [0.3, 0.4) is 0 Å². The van der Waals surface area contributed by atoms with E-state index in [-0.39, 0.29) is 23.7 Å². The van der Waals surface area contributed by atoms with E-state index < -0.39 is 5.97 Å². The van der Waals surface area contributed by atoms with Gasteiger partial charge in [-0.2, -0.15) is 0 Å². The second-order valence-corrected chi connectivity index (χ2v) is 5.96. The molecule has 1 heterocycles. The number of carbonyl (C=O) groups excluding carboxylic acids is 2. The molecule has 0 radical (unpaired) electrons. The zero-order valence-electron chi connectivity index (χ0n) is 14.5. The van der Waals surface area contributed by atoms with E-state index in [0.717, 1.165) is 0 Å². The number of ketones is 1. The maximum atomic E-state index is 12.4. The number of rotatable bonds is 6. The van der Waals surface area contributed by atoms with Gasteiger partial charge in [0.1, 0.15) is 0 Å². The van der Waals surface area contributed by atoms with E-state index in [1.807, 2.05) is 0 Å². The van der Waals surface area contributed by atoms with Crippen LogP contribution in [0.1, 0.15) is 32.1 Å². The number of aromatic carboxylic acids is 1. The van der Waals surface area contributed by atoms with E-state index in [2.05, 4.69) is 10.3 Å². The lowest BCUT2D eigenvalue weighted by molar-refractivity contribution is -0.115. The summed E-state index contributed by atoms with van der Waals surface area (Å²) in [6.45, 7) is 0. The van der Waals surface area contributed by atoms with Gasteiger partial charge in [-0.15, -0.1) is 0 Å². The molecule has 2 N–H and O–H groups in total. The average molecular weight is 363 g/mol. The van der Waals surface area contributed by atoms with E-state index in [9.17, 15) is 19.5 Å². The molecule has 0 unspecified atom stereocenters. The monoisotopic (exact) mass is 363 g/mol. The molecule has 0 bridgehead atoms. The molecule has 0 fully saturated rings. The van der Waals surface area contributed by atoms with Crippen LogP contribution < -0.4 is 5.32 Å². The van der Waals surface area contributed by atoms with Crippen molar-refractivity contribution in [2.45, 2.75) is 6.42 Å². The first-order valence-corrected chi connectivity index (χ1v) is 8.19. The number of carboxylic acid groups (broad SMARTS) is 1. The molecule has 1 amide bonds. The molecule has 27 heavy (non-hydrogen) atoms. The summed E-state index contributed by atoms with van der Waals surface area (Å²) >= 11 is 0. The lowest BCUT2D eigenvalue weighted by Gasteiger charge is -2.08. The van der Waals surface area contributed by atoms with E-state index in [0.29, 0.717) is 22.6 Å². The normalized spacial score (nSPS) is 10.4. The predicted octanol–water partition coefficient (Wildman–Crippen LogP) is 2.53. The fraction of sp³-hybridized carbons (Fsp3) is 0.100. The third kappa shape index (κ3) is 4.09. The molecule has 0 spiro atoms. The Bertz CT molecular complexity index is 1010. The van der Waals surface area contributed by atoms with Gasteiger partial charge in [0.05, 0.1) is 12.0 Å². The number of nitrogens with one attached hydrogen (secondary N) is 1. The molecule has 7 nitrogen and oxygen atoms in total. The number of hydrogen-bond acceptors (Lipinski definition) is 4. The first-order valence-electron chi connectivity index (χ1n) is 8.19. The van der Waals surface area contributed by atoms with Crippen molar-refractivity contribution in [1.82, 2.24) is 9.55 Å². The van der Waals surface area contributed by atoms with Crippen LogP contribution in [0.25, 0.3) is 0 Å². The van der Waals surface area contributed by atoms with Crippen LogP contribution in [0, 0.1) is 0 Å². The van der Waals surface area contributed by atoms with Crippen molar-refractivity contribution >= 4 is 23.3 Å². The lowest BCUT2D eigenvalue weighted by Crippen LogP contribution is -2.16. The molecule has 136 valence electrons. The summed E-state index contributed by atoms with van der Waals surface area (Å²) in [5.41, 5.74) is 1.51. The number of aryl methyl sites for hydroxylation is 1. The Labute approximate surface area is 155 Å². The number of carboxylic acids is 1. The topological polar surface area (TPSA) is 101 Å². The number of hydrogen-bond donors (Lipinski definition) is 2. The molecule has 3 aromatic rings. The molecule has 3 rings (SSSR count). The summed E-state index contributed by atoms with van der Waals surface area (Å²) in [4.78, 5) is 39.8. The fourth-order valence-electron chi connectivity index (χ4n) is 2.68. The summed E-state index contributed by atoms with van der Waals surface area (Å²) in [7, 11) is 1.74. The highest BCUT2D eigenvalue weighted by Crippen LogP contribution is 2.15. The molecule has 0 aliphatic carbocycles. The third-order valence-corrected chi connectivity index (χ3v) is 4.05. The Hall–Kier alpha value is -3.74. The summed E-state index contributed by atoms with van der Waals surface area (Å²) in [6, 6.07) is 12.8. The van der Waals surface area contributed by atoms with Gasteiger partial charge in [0, 0.05) is 30.7 Å². The number of imidazole rings is 1. The van der Waals surface area contributed by atoms with Crippen LogP contribution in [-0.2, 0) is 18.3 Å². The van der Waals surface area contributed by atoms with Crippen molar-refractivity contribution in [3.05, 3.63) is 83.4 Å². The molecule has 0 atom stereocenters. The molecule has 0 saturated carbocycles. The maximum Gasteiger partial charge on any atom is 0.335 e. The fourth-order valence-corrected chi connectivity index (χ4v) is 2.68. The molecule has 2 aromatic carbocycles.